The highest BCUT2D eigenvalue weighted by Crippen LogP contribution is 2.31. The number of hydrogen-bond donors (Lipinski definition) is 2. The summed E-state index contributed by atoms with van der Waals surface area (Å²) in [5.41, 5.74) is 12.9. The second-order valence-corrected chi connectivity index (χ2v) is 3.09. The summed E-state index contributed by atoms with van der Waals surface area (Å²) in [4.78, 5) is 0. The van der Waals surface area contributed by atoms with Crippen LogP contribution in [0.5, 0.6) is 0 Å². The van der Waals surface area contributed by atoms with Gasteiger partial charge in [0.05, 0.1) is 7.11 Å². The lowest BCUT2D eigenvalue weighted by atomic mass is 10.0. The molecule has 0 bridgehead atoms. The third-order valence-electron chi connectivity index (χ3n) is 2.18. The molecule has 0 unspecified atom stereocenters. The van der Waals surface area contributed by atoms with E-state index in [1.807, 2.05) is 12.2 Å². The molecule has 0 radical (unpaired) electrons. The summed E-state index contributed by atoms with van der Waals surface area (Å²) in [6.07, 6.45) is 6.19. The maximum Gasteiger partial charge on any atom is 0.193 e. The van der Waals surface area contributed by atoms with E-state index < -0.39 is 0 Å². The SMILES string of the molecule is COC1=C2OC(N)=CC(N)=C2CC=C1. The van der Waals surface area contributed by atoms with Crippen LogP contribution in [0.4, 0.5) is 0 Å². The molecule has 0 aromatic heterocycles. The molecule has 4 nitrogen and oxygen atoms in total. The monoisotopic (exact) mass is 192 g/mol. The Kier molecular flexibility index (Phi) is 1.96. The van der Waals surface area contributed by atoms with Crippen molar-refractivity contribution in [2.45, 2.75) is 6.42 Å². The Morgan fingerprint density at radius 3 is 2.93 bits per heavy atom. The summed E-state index contributed by atoms with van der Waals surface area (Å²) in [5, 5.41) is 0. The lowest BCUT2D eigenvalue weighted by Crippen LogP contribution is -2.18. The molecular formula is C10H12N2O2. The average Bonchev–Trinajstić information content (AvgIpc) is 2.17. The predicted octanol–water partition coefficient (Wildman–Crippen LogP) is 0.847. The molecule has 0 aromatic carbocycles. The van der Waals surface area contributed by atoms with Crippen molar-refractivity contribution in [2.75, 3.05) is 7.11 Å². The van der Waals surface area contributed by atoms with Gasteiger partial charge in [-0.15, -0.1) is 0 Å². The highest BCUT2D eigenvalue weighted by Gasteiger charge is 2.22. The van der Waals surface area contributed by atoms with Crippen LogP contribution in [0.2, 0.25) is 0 Å². The standard InChI is InChI=1S/C10H12N2O2/c1-13-8-4-2-3-6-7(11)5-9(12)14-10(6)8/h2,4-5H,3,11-12H2,1H3. The average molecular weight is 192 g/mol. The van der Waals surface area contributed by atoms with Gasteiger partial charge >= 0.3 is 0 Å². The Bertz CT molecular complexity index is 389. The molecule has 0 saturated heterocycles. The molecule has 1 heterocycles. The van der Waals surface area contributed by atoms with Crippen molar-refractivity contribution >= 4 is 0 Å². The number of hydrogen-bond acceptors (Lipinski definition) is 4. The fourth-order valence-corrected chi connectivity index (χ4v) is 1.51. The topological polar surface area (TPSA) is 70.5 Å². The largest absolute Gasteiger partial charge is 0.493 e. The van der Waals surface area contributed by atoms with Crippen LogP contribution < -0.4 is 11.5 Å². The van der Waals surface area contributed by atoms with Crippen molar-refractivity contribution in [1.29, 1.82) is 0 Å². The van der Waals surface area contributed by atoms with E-state index in [0.29, 0.717) is 23.1 Å². The first-order valence-corrected chi connectivity index (χ1v) is 4.31. The fraction of sp³-hybridized carbons (Fsp3) is 0.200. The number of methoxy groups -OCH3 is 1. The second kappa shape index (κ2) is 3.14. The van der Waals surface area contributed by atoms with Crippen LogP contribution in [-0.2, 0) is 9.47 Å². The van der Waals surface area contributed by atoms with Gasteiger partial charge in [-0.3, -0.25) is 0 Å². The molecule has 0 saturated carbocycles. The quantitative estimate of drug-likeness (QED) is 0.646. The van der Waals surface area contributed by atoms with E-state index in [-0.39, 0.29) is 0 Å². The zero-order valence-corrected chi connectivity index (χ0v) is 7.91. The van der Waals surface area contributed by atoms with E-state index >= 15 is 0 Å². The predicted molar refractivity (Wildman–Crippen MR) is 52.4 cm³/mol. The Morgan fingerprint density at radius 2 is 2.21 bits per heavy atom. The van der Waals surface area contributed by atoms with Gasteiger partial charge in [0.15, 0.2) is 17.4 Å². The second-order valence-electron chi connectivity index (χ2n) is 3.09. The number of ether oxygens (including phenoxy) is 2. The Balaban J connectivity index is 2.51. The Morgan fingerprint density at radius 1 is 1.43 bits per heavy atom. The molecule has 2 rings (SSSR count). The minimum atomic E-state index is 0.297. The summed E-state index contributed by atoms with van der Waals surface area (Å²) in [6, 6.07) is 0. The summed E-state index contributed by atoms with van der Waals surface area (Å²) in [6.45, 7) is 0. The summed E-state index contributed by atoms with van der Waals surface area (Å²) in [7, 11) is 1.59. The van der Waals surface area contributed by atoms with Crippen LogP contribution in [0.25, 0.3) is 0 Å². The zero-order chi connectivity index (χ0) is 10.1. The van der Waals surface area contributed by atoms with Crippen LogP contribution in [0, 0.1) is 0 Å². The van der Waals surface area contributed by atoms with E-state index in [4.69, 9.17) is 20.9 Å². The number of allylic oxidation sites excluding steroid dienone is 4. The fourth-order valence-electron chi connectivity index (χ4n) is 1.51. The first-order chi connectivity index (χ1) is 6.72. The minimum absolute atomic E-state index is 0.297. The van der Waals surface area contributed by atoms with Crippen LogP contribution in [0.15, 0.2) is 46.9 Å². The molecule has 1 aliphatic carbocycles. The van der Waals surface area contributed by atoms with Gasteiger partial charge in [-0.25, -0.2) is 0 Å². The summed E-state index contributed by atoms with van der Waals surface area (Å²) in [5.74, 6) is 1.59. The summed E-state index contributed by atoms with van der Waals surface area (Å²) >= 11 is 0. The zero-order valence-electron chi connectivity index (χ0n) is 7.91. The Hall–Kier alpha value is -1.84. The number of rotatable bonds is 1. The molecule has 0 amide bonds. The normalized spacial score (nSPS) is 20.2. The van der Waals surface area contributed by atoms with Crippen molar-refractivity contribution < 1.29 is 9.47 Å². The molecule has 4 heteroatoms. The first-order valence-electron chi connectivity index (χ1n) is 4.31. The van der Waals surface area contributed by atoms with E-state index in [0.717, 1.165) is 12.0 Å². The highest BCUT2D eigenvalue weighted by molar-refractivity contribution is 5.47. The van der Waals surface area contributed by atoms with E-state index in [9.17, 15) is 0 Å². The molecule has 0 spiro atoms. The molecule has 14 heavy (non-hydrogen) atoms. The molecule has 2 aliphatic rings. The van der Waals surface area contributed by atoms with Crippen molar-refractivity contribution in [1.82, 2.24) is 0 Å². The maximum atomic E-state index is 5.82. The number of nitrogens with two attached hydrogens (primary N) is 2. The Labute approximate surface area is 82.2 Å². The van der Waals surface area contributed by atoms with Crippen LogP contribution in [-0.4, -0.2) is 7.11 Å². The van der Waals surface area contributed by atoms with Crippen LogP contribution in [0.1, 0.15) is 6.42 Å². The van der Waals surface area contributed by atoms with Crippen molar-refractivity contribution in [3.8, 4) is 0 Å². The molecule has 4 N–H and O–H groups in total. The van der Waals surface area contributed by atoms with Gasteiger partial charge in [-0.1, -0.05) is 6.08 Å². The minimum Gasteiger partial charge on any atom is -0.493 e. The van der Waals surface area contributed by atoms with Gasteiger partial charge in [0.25, 0.3) is 0 Å². The number of fused-ring (bicyclic) bond motifs is 1. The molecule has 0 atom stereocenters. The third kappa shape index (κ3) is 1.25. The van der Waals surface area contributed by atoms with Gasteiger partial charge in [0, 0.05) is 17.3 Å². The lowest BCUT2D eigenvalue weighted by Gasteiger charge is -2.23. The molecule has 74 valence electrons. The van der Waals surface area contributed by atoms with Crippen molar-refractivity contribution in [3.05, 3.63) is 46.9 Å². The van der Waals surface area contributed by atoms with Crippen molar-refractivity contribution in [3.63, 3.8) is 0 Å². The van der Waals surface area contributed by atoms with Crippen molar-refractivity contribution in [2.24, 2.45) is 11.5 Å². The molecular weight excluding hydrogens is 180 g/mol. The highest BCUT2D eigenvalue weighted by atomic mass is 16.5. The lowest BCUT2D eigenvalue weighted by molar-refractivity contribution is 0.236. The smallest absolute Gasteiger partial charge is 0.193 e. The third-order valence-corrected chi connectivity index (χ3v) is 2.18. The van der Waals surface area contributed by atoms with E-state index in [1.54, 1.807) is 13.2 Å². The van der Waals surface area contributed by atoms with Crippen LogP contribution >= 0.6 is 0 Å². The van der Waals surface area contributed by atoms with Gasteiger partial charge in [-0.05, 0) is 12.5 Å². The molecule has 0 aromatic rings. The molecule has 0 fully saturated rings. The van der Waals surface area contributed by atoms with Gasteiger partial charge in [0.2, 0.25) is 0 Å². The van der Waals surface area contributed by atoms with Gasteiger partial charge < -0.3 is 20.9 Å². The van der Waals surface area contributed by atoms with E-state index in [1.165, 1.54) is 0 Å². The molecule has 1 aliphatic heterocycles. The maximum absolute atomic E-state index is 5.82. The van der Waals surface area contributed by atoms with Gasteiger partial charge in [-0.2, -0.15) is 0 Å². The summed E-state index contributed by atoms with van der Waals surface area (Å²) < 4.78 is 10.5. The first kappa shape index (κ1) is 8.74. The van der Waals surface area contributed by atoms with E-state index in [2.05, 4.69) is 0 Å². The van der Waals surface area contributed by atoms with Gasteiger partial charge in [0.1, 0.15) is 0 Å². The van der Waals surface area contributed by atoms with Crippen LogP contribution in [0.3, 0.4) is 0 Å².